The SMILES string of the molecule is CC(Sc1cccc(NC(=O)c2c(Cl)c(Cl)c(Cl)c(Cl)c2C(=O)O)c1)C(=O)Nc1ccc(Oc2ccccc2)cc1. The number of ether oxygens (including phenoxy) is 1. The van der Waals surface area contributed by atoms with Gasteiger partial charge in [-0.25, -0.2) is 4.79 Å². The Labute approximate surface area is 259 Å². The highest BCUT2D eigenvalue weighted by Crippen LogP contribution is 2.42. The lowest BCUT2D eigenvalue weighted by Crippen LogP contribution is -2.22. The fourth-order valence-electron chi connectivity index (χ4n) is 3.62. The number of benzene rings is 4. The van der Waals surface area contributed by atoms with Crippen LogP contribution in [0.15, 0.2) is 83.8 Å². The van der Waals surface area contributed by atoms with Crippen molar-refractivity contribution < 1.29 is 24.2 Å². The van der Waals surface area contributed by atoms with Crippen molar-refractivity contribution in [1.29, 1.82) is 0 Å². The molecular formula is C29H20Cl4N2O5S. The van der Waals surface area contributed by atoms with Gasteiger partial charge < -0.3 is 20.5 Å². The van der Waals surface area contributed by atoms with E-state index in [1.807, 2.05) is 30.3 Å². The van der Waals surface area contributed by atoms with Crippen molar-refractivity contribution in [3.63, 3.8) is 0 Å². The minimum Gasteiger partial charge on any atom is -0.478 e. The molecule has 1 atom stereocenters. The fourth-order valence-corrected chi connectivity index (χ4v) is 5.56. The summed E-state index contributed by atoms with van der Waals surface area (Å²) in [6.45, 7) is 1.74. The van der Waals surface area contributed by atoms with Gasteiger partial charge in [0.2, 0.25) is 5.91 Å². The molecule has 0 aromatic heterocycles. The van der Waals surface area contributed by atoms with Crippen LogP contribution in [0, 0.1) is 0 Å². The van der Waals surface area contributed by atoms with Crippen LogP contribution >= 0.6 is 58.2 Å². The van der Waals surface area contributed by atoms with E-state index in [4.69, 9.17) is 51.1 Å². The molecule has 0 aliphatic carbocycles. The number of carbonyl (C=O) groups excluding carboxylic acids is 2. The van der Waals surface area contributed by atoms with Gasteiger partial charge in [0.25, 0.3) is 5.91 Å². The molecule has 4 rings (SSSR count). The zero-order valence-electron chi connectivity index (χ0n) is 21.1. The number of carboxylic acids is 1. The number of amides is 2. The Balaban J connectivity index is 1.41. The monoisotopic (exact) mass is 648 g/mol. The number of carbonyl (C=O) groups is 3. The van der Waals surface area contributed by atoms with Crippen LogP contribution in [-0.2, 0) is 4.79 Å². The second-order valence-corrected chi connectivity index (χ2v) is 11.4. The molecular weight excluding hydrogens is 630 g/mol. The van der Waals surface area contributed by atoms with Crippen LogP contribution in [0.2, 0.25) is 20.1 Å². The average Bonchev–Trinajstić information content (AvgIpc) is 2.95. The lowest BCUT2D eigenvalue weighted by molar-refractivity contribution is -0.115. The van der Waals surface area contributed by atoms with Crippen LogP contribution in [0.3, 0.4) is 0 Å². The molecule has 0 fully saturated rings. The minimum atomic E-state index is -1.50. The van der Waals surface area contributed by atoms with E-state index in [9.17, 15) is 19.5 Å². The largest absolute Gasteiger partial charge is 0.478 e. The molecule has 2 amide bonds. The average molecular weight is 650 g/mol. The van der Waals surface area contributed by atoms with Crippen molar-refractivity contribution in [2.45, 2.75) is 17.1 Å². The number of carboxylic acid groups (broad SMARTS) is 1. The Morgan fingerprint density at radius 3 is 1.98 bits per heavy atom. The van der Waals surface area contributed by atoms with E-state index < -0.39 is 33.3 Å². The van der Waals surface area contributed by atoms with Crippen molar-refractivity contribution in [2.24, 2.45) is 0 Å². The molecule has 0 spiro atoms. The molecule has 41 heavy (non-hydrogen) atoms. The number of aromatic carboxylic acids is 1. The molecule has 1 unspecified atom stereocenters. The Kier molecular flexibility index (Phi) is 10.1. The molecule has 4 aromatic rings. The molecule has 12 heteroatoms. The number of nitrogens with one attached hydrogen (secondary N) is 2. The van der Waals surface area contributed by atoms with Crippen LogP contribution in [0.25, 0.3) is 0 Å². The van der Waals surface area contributed by atoms with Gasteiger partial charge in [-0.3, -0.25) is 9.59 Å². The summed E-state index contributed by atoms with van der Waals surface area (Å²) >= 11 is 25.5. The van der Waals surface area contributed by atoms with E-state index in [-0.39, 0.29) is 21.0 Å². The van der Waals surface area contributed by atoms with Gasteiger partial charge in [-0.2, -0.15) is 0 Å². The molecule has 4 aromatic carbocycles. The van der Waals surface area contributed by atoms with Crippen molar-refractivity contribution in [2.75, 3.05) is 10.6 Å². The second-order valence-electron chi connectivity index (χ2n) is 8.48. The van der Waals surface area contributed by atoms with Gasteiger partial charge in [0.15, 0.2) is 0 Å². The highest BCUT2D eigenvalue weighted by Gasteiger charge is 2.29. The van der Waals surface area contributed by atoms with Gasteiger partial charge in [0.1, 0.15) is 11.5 Å². The summed E-state index contributed by atoms with van der Waals surface area (Å²) in [7, 11) is 0. The molecule has 0 bridgehead atoms. The molecule has 3 N–H and O–H groups in total. The maximum absolute atomic E-state index is 13.0. The maximum Gasteiger partial charge on any atom is 0.338 e. The minimum absolute atomic E-state index is 0.232. The first kappa shape index (κ1) is 30.6. The second kappa shape index (κ2) is 13.5. The van der Waals surface area contributed by atoms with E-state index in [0.717, 1.165) is 0 Å². The Bertz CT molecular complexity index is 1620. The third-order valence-corrected chi connectivity index (χ3v) is 8.48. The predicted octanol–water partition coefficient (Wildman–Crippen LogP) is 9.16. The van der Waals surface area contributed by atoms with E-state index in [1.165, 1.54) is 11.8 Å². The Hall–Kier alpha value is -3.40. The van der Waals surface area contributed by atoms with Gasteiger partial charge in [-0.15, -0.1) is 11.8 Å². The summed E-state index contributed by atoms with van der Waals surface area (Å²) in [5.41, 5.74) is -0.0601. The van der Waals surface area contributed by atoms with Crippen LogP contribution in [0.4, 0.5) is 11.4 Å². The lowest BCUT2D eigenvalue weighted by atomic mass is 10.1. The quantitative estimate of drug-likeness (QED) is 0.0949. The van der Waals surface area contributed by atoms with E-state index in [1.54, 1.807) is 55.5 Å². The van der Waals surface area contributed by atoms with Gasteiger partial charge >= 0.3 is 5.97 Å². The van der Waals surface area contributed by atoms with Gasteiger partial charge in [0, 0.05) is 16.3 Å². The first-order chi connectivity index (χ1) is 19.5. The summed E-state index contributed by atoms with van der Waals surface area (Å²) < 4.78 is 5.77. The molecule has 0 aliphatic rings. The Morgan fingerprint density at radius 1 is 0.732 bits per heavy atom. The summed E-state index contributed by atoms with van der Waals surface area (Å²) in [6.07, 6.45) is 0. The molecule has 0 radical (unpaired) electrons. The van der Waals surface area contributed by atoms with Crippen LogP contribution in [0.1, 0.15) is 27.6 Å². The van der Waals surface area contributed by atoms with Crippen molar-refractivity contribution in [1.82, 2.24) is 0 Å². The van der Waals surface area contributed by atoms with Crippen LogP contribution in [-0.4, -0.2) is 28.1 Å². The highest BCUT2D eigenvalue weighted by atomic mass is 35.5. The Morgan fingerprint density at radius 2 is 1.34 bits per heavy atom. The molecule has 0 saturated carbocycles. The fraction of sp³-hybridized carbons (Fsp3) is 0.0690. The smallest absolute Gasteiger partial charge is 0.338 e. The molecule has 210 valence electrons. The van der Waals surface area contributed by atoms with Gasteiger partial charge in [-0.05, 0) is 61.5 Å². The first-order valence-electron chi connectivity index (χ1n) is 11.9. The summed E-state index contributed by atoms with van der Waals surface area (Å²) in [5, 5.41) is 13.3. The lowest BCUT2D eigenvalue weighted by Gasteiger charge is -2.15. The standard InChI is InChI=1S/C29H20Cl4N2O5S/c1-15(27(36)34-16-10-12-19(13-11-16)40-18-7-3-2-4-8-18)41-20-9-5-6-17(14-20)35-28(37)21-22(29(38)39)24(31)26(33)25(32)23(21)30/h2-15H,1H3,(H,34,36)(H,35,37)(H,38,39). The van der Waals surface area contributed by atoms with E-state index in [0.29, 0.717) is 27.8 Å². The first-order valence-corrected chi connectivity index (χ1v) is 14.3. The third kappa shape index (κ3) is 7.47. The molecule has 0 heterocycles. The van der Waals surface area contributed by atoms with Crippen LogP contribution in [0.5, 0.6) is 11.5 Å². The molecule has 0 aliphatic heterocycles. The van der Waals surface area contributed by atoms with E-state index in [2.05, 4.69) is 10.6 Å². The summed E-state index contributed by atoms with van der Waals surface area (Å²) in [5.74, 6) is -1.23. The number of thioether (sulfide) groups is 1. The van der Waals surface area contributed by atoms with Gasteiger partial charge in [-0.1, -0.05) is 70.7 Å². The number of halogens is 4. The topological polar surface area (TPSA) is 105 Å². The molecule has 0 saturated heterocycles. The summed E-state index contributed by atoms with van der Waals surface area (Å²) in [6, 6.07) is 23.0. The van der Waals surface area contributed by atoms with Crippen LogP contribution < -0.4 is 15.4 Å². The van der Waals surface area contributed by atoms with E-state index >= 15 is 0 Å². The highest BCUT2D eigenvalue weighted by molar-refractivity contribution is 8.00. The number of hydrogen-bond acceptors (Lipinski definition) is 5. The third-order valence-electron chi connectivity index (χ3n) is 5.58. The zero-order valence-corrected chi connectivity index (χ0v) is 24.9. The predicted molar refractivity (Wildman–Crippen MR) is 165 cm³/mol. The summed E-state index contributed by atoms with van der Waals surface area (Å²) in [4.78, 5) is 38.4. The number of rotatable bonds is 9. The van der Waals surface area contributed by atoms with Crippen molar-refractivity contribution in [3.8, 4) is 11.5 Å². The zero-order chi connectivity index (χ0) is 29.7. The number of para-hydroxylation sites is 1. The van der Waals surface area contributed by atoms with Crippen molar-refractivity contribution >= 4 is 87.3 Å². The normalized spacial score (nSPS) is 11.4. The van der Waals surface area contributed by atoms with Crippen molar-refractivity contribution in [3.05, 3.63) is 110 Å². The number of anilines is 2. The van der Waals surface area contributed by atoms with Gasteiger partial charge in [0.05, 0.1) is 36.5 Å². The molecule has 7 nitrogen and oxygen atoms in total. The maximum atomic E-state index is 13.0. The number of hydrogen-bond donors (Lipinski definition) is 3.